The highest BCUT2D eigenvalue weighted by Crippen LogP contribution is 2.10. The summed E-state index contributed by atoms with van der Waals surface area (Å²) in [6.07, 6.45) is 8.02. The van der Waals surface area contributed by atoms with E-state index in [4.69, 9.17) is 10.3 Å². The minimum absolute atomic E-state index is 0. The van der Waals surface area contributed by atoms with Crippen molar-refractivity contribution >= 4 is 5.88 Å². The quantitative estimate of drug-likeness (QED) is 0.511. The Morgan fingerprint density at radius 1 is 1.47 bits per heavy atom. The minimum atomic E-state index is 0. The highest BCUT2D eigenvalue weighted by Gasteiger charge is 2.17. The van der Waals surface area contributed by atoms with E-state index < -0.39 is 0 Å². The van der Waals surface area contributed by atoms with Crippen LogP contribution in [-0.4, -0.2) is 5.27 Å². The lowest BCUT2D eigenvalue weighted by atomic mass is 10.1. The third-order valence-electron chi connectivity index (χ3n) is 2.43. The van der Waals surface area contributed by atoms with Crippen molar-refractivity contribution in [2.75, 3.05) is 5.73 Å². The smallest absolute Gasteiger partial charge is 0.293 e. The summed E-state index contributed by atoms with van der Waals surface area (Å²) in [5.74, 6) is 0.380. The molecule has 1 atom stereocenters. The van der Waals surface area contributed by atoms with Crippen LogP contribution >= 0.6 is 0 Å². The monoisotopic (exact) mass is 233 g/mol. The molecule has 0 aliphatic rings. The molecule has 2 N–H and O–H groups in total. The number of anilines is 1. The van der Waals surface area contributed by atoms with Crippen LogP contribution in [0.5, 0.6) is 0 Å². The van der Waals surface area contributed by atoms with Gasteiger partial charge in [-0.1, -0.05) is 26.2 Å². The molecule has 0 aliphatic carbocycles. The number of halogens is 1. The molecule has 0 radical (unpaired) electrons. The van der Waals surface area contributed by atoms with Crippen molar-refractivity contribution in [1.82, 2.24) is 5.27 Å². The molecule has 1 heterocycles. The lowest BCUT2D eigenvalue weighted by Gasteiger charge is -2.00. The summed E-state index contributed by atoms with van der Waals surface area (Å²) in [6, 6.07) is 0.382. The maximum Gasteiger partial charge on any atom is 0.293 e. The Labute approximate surface area is 97.2 Å². The van der Waals surface area contributed by atoms with Crippen LogP contribution in [0.4, 0.5) is 5.88 Å². The summed E-state index contributed by atoms with van der Waals surface area (Å²) >= 11 is 0. The molecule has 15 heavy (non-hydrogen) atoms. The molecular weight excluding hydrogens is 214 g/mol. The molecule has 5 heteroatoms. The van der Waals surface area contributed by atoms with Gasteiger partial charge in [-0.25, -0.2) is 0 Å². The second kappa shape index (κ2) is 7.51. The van der Waals surface area contributed by atoms with Gasteiger partial charge in [0.1, 0.15) is 0 Å². The number of unbranched alkanes of at least 4 members (excludes halogenated alkanes) is 3. The first kappa shape index (κ1) is 14.2. The predicted molar refractivity (Wildman–Crippen MR) is 54.6 cm³/mol. The average molecular weight is 234 g/mol. The maximum absolute atomic E-state index is 5.44. The van der Waals surface area contributed by atoms with Gasteiger partial charge in [-0.05, 0) is 11.1 Å². The van der Waals surface area contributed by atoms with Gasteiger partial charge in [0.15, 0.2) is 6.04 Å². The molecule has 0 spiro atoms. The summed E-state index contributed by atoms with van der Waals surface area (Å²) < 4.78 is 6.60. The molecule has 4 nitrogen and oxygen atoms in total. The van der Waals surface area contributed by atoms with E-state index in [0.717, 1.165) is 6.42 Å². The molecule has 1 rings (SSSR count). The summed E-state index contributed by atoms with van der Waals surface area (Å²) in [6.45, 7) is 4.35. The second-order valence-electron chi connectivity index (χ2n) is 3.78. The standard InChI is InChI=1S/C10H20N3O.ClH/c1-3-4-5-6-7-9(2)13-8-10(11)14-12-13;/h8-9H,3-7,11H2,1-2H3;1H/q+1;/p-1. The number of hydrogen-bond acceptors (Lipinski definition) is 3. The summed E-state index contributed by atoms with van der Waals surface area (Å²) in [7, 11) is 0. The van der Waals surface area contributed by atoms with Gasteiger partial charge in [-0.2, -0.15) is 0 Å². The van der Waals surface area contributed by atoms with E-state index in [2.05, 4.69) is 19.1 Å². The average Bonchev–Trinajstić information content (AvgIpc) is 2.59. The van der Waals surface area contributed by atoms with Crippen LogP contribution in [0.25, 0.3) is 0 Å². The van der Waals surface area contributed by atoms with E-state index in [-0.39, 0.29) is 12.4 Å². The van der Waals surface area contributed by atoms with Gasteiger partial charge >= 0.3 is 0 Å². The normalized spacial score (nSPS) is 12.1. The zero-order chi connectivity index (χ0) is 10.4. The van der Waals surface area contributed by atoms with Crippen LogP contribution < -0.4 is 22.8 Å². The molecule has 0 amide bonds. The molecule has 88 valence electrons. The summed E-state index contributed by atoms with van der Waals surface area (Å²) in [5, 5.41) is 3.83. The molecule has 0 fully saturated rings. The van der Waals surface area contributed by atoms with Crippen LogP contribution in [0.3, 0.4) is 0 Å². The van der Waals surface area contributed by atoms with Gasteiger partial charge in [-0.15, -0.1) is 0 Å². The fraction of sp³-hybridized carbons (Fsp3) is 0.800. The van der Waals surface area contributed by atoms with Crippen molar-refractivity contribution < 1.29 is 21.6 Å². The van der Waals surface area contributed by atoms with Crippen LogP contribution in [0, 0.1) is 0 Å². The largest absolute Gasteiger partial charge is 1.00 e. The van der Waals surface area contributed by atoms with Crippen molar-refractivity contribution in [2.45, 2.75) is 52.0 Å². The first-order valence-corrected chi connectivity index (χ1v) is 5.37. The fourth-order valence-electron chi connectivity index (χ4n) is 1.48. The molecule has 0 saturated heterocycles. The van der Waals surface area contributed by atoms with E-state index in [0.29, 0.717) is 11.9 Å². The highest BCUT2D eigenvalue weighted by molar-refractivity contribution is 5.11. The van der Waals surface area contributed by atoms with E-state index in [1.54, 1.807) is 10.9 Å². The SMILES string of the molecule is CCCCCCC(C)[n+]1cc(N)on1.[Cl-]. The third kappa shape index (κ3) is 5.02. The Hall–Kier alpha value is -0.770. The van der Waals surface area contributed by atoms with Crippen molar-refractivity contribution in [3.05, 3.63) is 6.20 Å². The van der Waals surface area contributed by atoms with Crippen molar-refractivity contribution in [2.24, 2.45) is 0 Å². The minimum Gasteiger partial charge on any atom is -1.00 e. The van der Waals surface area contributed by atoms with Crippen LogP contribution in [-0.2, 0) is 0 Å². The van der Waals surface area contributed by atoms with E-state index >= 15 is 0 Å². The van der Waals surface area contributed by atoms with E-state index in [9.17, 15) is 0 Å². The second-order valence-corrected chi connectivity index (χ2v) is 3.78. The zero-order valence-corrected chi connectivity index (χ0v) is 10.2. The van der Waals surface area contributed by atoms with Crippen molar-refractivity contribution in [1.29, 1.82) is 0 Å². The predicted octanol–water partition coefficient (Wildman–Crippen LogP) is -0.920. The number of rotatable bonds is 6. The molecular formula is C10H20ClN3O. The zero-order valence-electron chi connectivity index (χ0n) is 9.45. The van der Waals surface area contributed by atoms with Gasteiger partial charge in [-0.3, -0.25) is 4.52 Å². The number of hydrogen-bond donors (Lipinski definition) is 1. The Kier molecular flexibility index (Phi) is 7.13. The van der Waals surface area contributed by atoms with Gasteiger partial charge < -0.3 is 18.1 Å². The molecule has 0 aliphatic heterocycles. The van der Waals surface area contributed by atoms with Gasteiger partial charge in [0.2, 0.25) is 5.27 Å². The van der Waals surface area contributed by atoms with E-state index in [1.165, 1.54) is 25.7 Å². The Balaban J connectivity index is 0.00000196. The number of nitrogens with two attached hydrogens (primary N) is 1. The first-order chi connectivity index (χ1) is 6.74. The third-order valence-corrected chi connectivity index (χ3v) is 2.43. The Morgan fingerprint density at radius 2 is 2.20 bits per heavy atom. The van der Waals surface area contributed by atoms with Crippen molar-refractivity contribution in [3.63, 3.8) is 0 Å². The van der Waals surface area contributed by atoms with Gasteiger partial charge in [0, 0.05) is 13.3 Å². The first-order valence-electron chi connectivity index (χ1n) is 5.37. The Morgan fingerprint density at radius 3 is 2.73 bits per heavy atom. The van der Waals surface area contributed by atoms with Crippen LogP contribution in [0.15, 0.2) is 10.7 Å². The number of nitrogen functional groups attached to an aromatic ring is 1. The number of aromatic nitrogens is 2. The Bertz CT molecular complexity index is 265. The van der Waals surface area contributed by atoms with Crippen LogP contribution in [0.1, 0.15) is 52.0 Å². The highest BCUT2D eigenvalue weighted by atomic mass is 35.5. The topological polar surface area (TPSA) is 55.9 Å². The number of nitrogens with zero attached hydrogens (tertiary/aromatic N) is 2. The lowest BCUT2D eigenvalue weighted by Crippen LogP contribution is -3.00. The van der Waals surface area contributed by atoms with Crippen molar-refractivity contribution in [3.8, 4) is 0 Å². The molecule has 1 aromatic heterocycles. The molecule has 0 saturated carbocycles. The fourth-order valence-corrected chi connectivity index (χ4v) is 1.48. The van der Waals surface area contributed by atoms with Gasteiger partial charge in [0.25, 0.3) is 12.1 Å². The maximum atomic E-state index is 5.44. The lowest BCUT2D eigenvalue weighted by molar-refractivity contribution is -0.782. The molecule has 0 bridgehead atoms. The summed E-state index contributed by atoms with van der Waals surface area (Å²) in [5.41, 5.74) is 5.44. The van der Waals surface area contributed by atoms with Crippen LogP contribution in [0.2, 0.25) is 0 Å². The van der Waals surface area contributed by atoms with Gasteiger partial charge in [0.05, 0.1) is 0 Å². The van der Waals surface area contributed by atoms with E-state index in [1.807, 2.05) is 0 Å². The molecule has 0 aromatic carbocycles. The molecule has 1 aromatic rings. The molecule has 1 unspecified atom stereocenters. The summed E-state index contributed by atoms with van der Waals surface area (Å²) in [4.78, 5) is 0.